The van der Waals surface area contributed by atoms with Crippen LogP contribution < -0.4 is 0 Å². The normalized spacial score (nSPS) is 14.8. The first-order valence-corrected chi connectivity index (χ1v) is 6.40. The number of carboxylic acid groups (broad SMARTS) is 1. The third kappa shape index (κ3) is 2.36. The van der Waals surface area contributed by atoms with Gasteiger partial charge in [-0.1, -0.05) is 25.1 Å². The van der Waals surface area contributed by atoms with E-state index in [0.29, 0.717) is 0 Å². The fourth-order valence-corrected chi connectivity index (χ4v) is 2.77. The molecule has 0 saturated carbocycles. The molecule has 1 heterocycles. The number of nitrogens with one attached hydrogen (secondary N) is 1. The zero-order chi connectivity index (χ0) is 14.2. The van der Waals surface area contributed by atoms with Crippen LogP contribution in [0.5, 0.6) is 0 Å². The summed E-state index contributed by atoms with van der Waals surface area (Å²) < 4.78 is 0. The number of hydrogen-bond donors (Lipinski definition) is 2. The molecule has 0 fully saturated rings. The van der Waals surface area contributed by atoms with Crippen molar-refractivity contribution in [3.8, 4) is 0 Å². The fraction of sp³-hybridized carbons (Fsp3) is 0.400. The van der Waals surface area contributed by atoms with Gasteiger partial charge in [0.2, 0.25) is 0 Å². The summed E-state index contributed by atoms with van der Waals surface area (Å²) in [5.74, 6) is -1.24. The van der Waals surface area contributed by atoms with Gasteiger partial charge in [-0.25, -0.2) is 0 Å². The molecule has 1 aromatic carbocycles. The molecule has 2 rings (SSSR count). The molecule has 0 aliphatic carbocycles. The molecule has 0 saturated heterocycles. The number of aliphatic carboxylic acids is 1. The van der Waals surface area contributed by atoms with Gasteiger partial charge in [0.15, 0.2) is 0 Å². The minimum atomic E-state index is -0.775. The summed E-state index contributed by atoms with van der Waals surface area (Å²) in [6.45, 7) is 3.76. The lowest BCUT2D eigenvalue weighted by molar-refractivity contribution is -0.143. The third-order valence-corrected chi connectivity index (χ3v) is 3.66. The maximum absolute atomic E-state index is 11.4. The van der Waals surface area contributed by atoms with Crippen LogP contribution in [-0.4, -0.2) is 35.1 Å². The number of para-hydroxylation sites is 1. The molecular formula is C15H20N2O2. The first-order valence-electron chi connectivity index (χ1n) is 6.40. The molecule has 1 aromatic heterocycles. The molecule has 0 bridgehead atoms. The van der Waals surface area contributed by atoms with Gasteiger partial charge in [0.1, 0.15) is 0 Å². The monoisotopic (exact) mass is 260 g/mol. The van der Waals surface area contributed by atoms with Gasteiger partial charge in [-0.15, -0.1) is 0 Å². The van der Waals surface area contributed by atoms with Crippen LogP contribution in [0.15, 0.2) is 24.3 Å². The lowest BCUT2D eigenvalue weighted by atomic mass is 9.91. The van der Waals surface area contributed by atoms with Crippen molar-refractivity contribution in [1.29, 1.82) is 0 Å². The van der Waals surface area contributed by atoms with Crippen molar-refractivity contribution in [2.75, 3.05) is 14.1 Å². The number of hydrogen-bond acceptors (Lipinski definition) is 2. The average Bonchev–Trinajstić information content (AvgIpc) is 2.66. The third-order valence-electron chi connectivity index (χ3n) is 3.66. The molecule has 0 radical (unpaired) electrons. The van der Waals surface area contributed by atoms with Gasteiger partial charge in [0.05, 0.1) is 5.92 Å². The van der Waals surface area contributed by atoms with Crippen molar-refractivity contribution in [3.05, 3.63) is 35.5 Å². The van der Waals surface area contributed by atoms with Crippen LogP contribution in [0.2, 0.25) is 0 Å². The zero-order valence-corrected chi connectivity index (χ0v) is 11.8. The lowest BCUT2D eigenvalue weighted by Gasteiger charge is -2.28. The Morgan fingerprint density at radius 1 is 1.32 bits per heavy atom. The van der Waals surface area contributed by atoms with Crippen molar-refractivity contribution in [3.63, 3.8) is 0 Å². The molecule has 2 aromatic rings. The van der Waals surface area contributed by atoms with Crippen LogP contribution in [0.4, 0.5) is 0 Å². The molecule has 2 N–H and O–H groups in total. The van der Waals surface area contributed by atoms with Gasteiger partial charge < -0.3 is 15.0 Å². The van der Waals surface area contributed by atoms with Crippen molar-refractivity contribution >= 4 is 16.9 Å². The number of nitrogens with zero attached hydrogens (tertiary/aromatic N) is 1. The van der Waals surface area contributed by atoms with E-state index in [1.165, 1.54) is 0 Å². The first kappa shape index (κ1) is 13.6. The van der Waals surface area contributed by atoms with E-state index < -0.39 is 11.9 Å². The highest BCUT2D eigenvalue weighted by Gasteiger charge is 2.30. The van der Waals surface area contributed by atoms with Gasteiger partial charge in [0, 0.05) is 22.6 Å². The van der Waals surface area contributed by atoms with E-state index in [0.717, 1.165) is 22.2 Å². The quantitative estimate of drug-likeness (QED) is 0.888. The summed E-state index contributed by atoms with van der Waals surface area (Å²) in [6.07, 6.45) is 0. The SMILES string of the molecule is Cc1[nH]c2ccccc2c1C(C(C)C(=O)O)N(C)C. The molecule has 19 heavy (non-hydrogen) atoms. The molecular weight excluding hydrogens is 240 g/mol. The number of benzene rings is 1. The van der Waals surface area contributed by atoms with Crippen LogP contribution in [0.3, 0.4) is 0 Å². The second-order valence-corrected chi connectivity index (χ2v) is 5.24. The molecule has 102 valence electrons. The van der Waals surface area contributed by atoms with Crippen molar-refractivity contribution in [2.24, 2.45) is 5.92 Å². The van der Waals surface area contributed by atoms with Crippen molar-refractivity contribution < 1.29 is 9.90 Å². The van der Waals surface area contributed by atoms with Crippen LogP contribution in [-0.2, 0) is 4.79 Å². The van der Waals surface area contributed by atoms with Crippen LogP contribution in [0.25, 0.3) is 10.9 Å². The van der Waals surface area contributed by atoms with Gasteiger partial charge in [-0.05, 0) is 32.6 Å². The molecule has 2 unspecified atom stereocenters. The average molecular weight is 260 g/mol. The largest absolute Gasteiger partial charge is 0.481 e. The number of carbonyl (C=O) groups is 1. The summed E-state index contributed by atoms with van der Waals surface area (Å²) in [5.41, 5.74) is 3.17. The number of aromatic amines is 1. The van der Waals surface area contributed by atoms with Crippen LogP contribution in [0.1, 0.15) is 24.2 Å². The minimum Gasteiger partial charge on any atom is -0.481 e. The Morgan fingerprint density at radius 3 is 2.53 bits per heavy atom. The lowest BCUT2D eigenvalue weighted by Crippen LogP contribution is -2.30. The van der Waals surface area contributed by atoms with E-state index in [4.69, 9.17) is 0 Å². The molecule has 0 spiro atoms. The summed E-state index contributed by atoms with van der Waals surface area (Å²) >= 11 is 0. The fourth-order valence-electron chi connectivity index (χ4n) is 2.77. The molecule has 0 amide bonds. The Morgan fingerprint density at radius 2 is 1.95 bits per heavy atom. The highest BCUT2D eigenvalue weighted by molar-refractivity contribution is 5.86. The Balaban J connectivity index is 2.62. The van der Waals surface area contributed by atoms with E-state index in [9.17, 15) is 9.90 Å². The maximum Gasteiger partial charge on any atom is 0.308 e. The summed E-state index contributed by atoms with van der Waals surface area (Å²) in [6, 6.07) is 7.88. The van der Waals surface area contributed by atoms with Gasteiger partial charge in [-0.3, -0.25) is 4.79 Å². The molecule has 0 aliphatic rings. The minimum absolute atomic E-state index is 0.145. The van der Waals surface area contributed by atoms with Crippen LogP contribution in [0, 0.1) is 12.8 Å². The smallest absolute Gasteiger partial charge is 0.308 e. The zero-order valence-electron chi connectivity index (χ0n) is 11.8. The number of aromatic nitrogens is 1. The molecule has 4 heteroatoms. The highest BCUT2D eigenvalue weighted by atomic mass is 16.4. The number of fused-ring (bicyclic) bond motifs is 1. The van der Waals surface area contributed by atoms with Gasteiger partial charge >= 0.3 is 5.97 Å². The van der Waals surface area contributed by atoms with E-state index >= 15 is 0 Å². The highest BCUT2D eigenvalue weighted by Crippen LogP contribution is 2.35. The maximum atomic E-state index is 11.4. The Labute approximate surface area is 113 Å². The predicted octanol–water partition coefficient (Wildman–Crippen LogP) is 2.80. The molecule has 4 nitrogen and oxygen atoms in total. The number of H-pyrrole nitrogens is 1. The van der Waals surface area contributed by atoms with Gasteiger partial charge in [0.25, 0.3) is 0 Å². The summed E-state index contributed by atoms with van der Waals surface area (Å²) in [4.78, 5) is 16.7. The second kappa shape index (κ2) is 5.05. The Hall–Kier alpha value is -1.81. The topological polar surface area (TPSA) is 56.3 Å². The van der Waals surface area contributed by atoms with E-state index in [2.05, 4.69) is 4.98 Å². The number of aryl methyl sites for hydroxylation is 1. The summed E-state index contributed by atoms with van der Waals surface area (Å²) in [5, 5.41) is 10.4. The molecule has 2 atom stereocenters. The second-order valence-electron chi connectivity index (χ2n) is 5.24. The number of carboxylic acids is 1. The standard InChI is InChI=1S/C15H20N2O2/c1-9(15(18)19)14(17(3)4)13-10(2)16-12-8-6-5-7-11(12)13/h5-9,14,16H,1-4H3,(H,18,19). The molecule has 0 aliphatic heterocycles. The Kier molecular flexibility index (Phi) is 3.62. The first-order chi connectivity index (χ1) is 8.93. The number of rotatable bonds is 4. The van der Waals surface area contributed by atoms with Crippen molar-refractivity contribution in [2.45, 2.75) is 19.9 Å². The van der Waals surface area contributed by atoms with Crippen LogP contribution >= 0.6 is 0 Å². The predicted molar refractivity (Wildman–Crippen MR) is 76.3 cm³/mol. The van der Waals surface area contributed by atoms with E-state index in [1.807, 2.05) is 50.2 Å². The van der Waals surface area contributed by atoms with Crippen molar-refractivity contribution in [1.82, 2.24) is 9.88 Å². The van der Waals surface area contributed by atoms with E-state index in [-0.39, 0.29) is 6.04 Å². The van der Waals surface area contributed by atoms with E-state index in [1.54, 1.807) is 6.92 Å². The van der Waals surface area contributed by atoms with Gasteiger partial charge in [-0.2, -0.15) is 0 Å². The summed E-state index contributed by atoms with van der Waals surface area (Å²) in [7, 11) is 3.84. The Bertz CT molecular complexity index is 601.